The minimum absolute atomic E-state index is 0.0900. The molecule has 0 aliphatic heterocycles. The van der Waals surface area contributed by atoms with Crippen molar-refractivity contribution >= 4 is 17.3 Å². The summed E-state index contributed by atoms with van der Waals surface area (Å²) in [5.74, 6) is -0.143. The van der Waals surface area contributed by atoms with Crippen LogP contribution in [0, 0.1) is 31.1 Å². The molecule has 1 heterocycles. The van der Waals surface area contributed by atoms with Crippen LogP contribution >= 0.6 is 0 Å². The van der Waals surface area contributed by atoms with Crippen molar-refractivity contribution in [2.45, 2.75) is 27.2 Å². The zero-order chi connectivity index (χ0) is 16.0. The van der Waals surface area contributed by atoms with E-state index < -0.39 is 0 Å². The number of amides is 1. The Hall–Kier alpha value is -2.61. The van der Waals surface area contributed by atoms with Gasteiger partial charge in [-0.1, -0.05) is 0 Å². The van der Waals surface area contributed by atoms with E-state index in [2.05, 4.69) is 29.8 Å². The number of fused-ring (bicyclic) bond motifs is 1. The Bertz CT molecular complexity index is 741. The molecule has 0 saturated heterocycles. The van der Waals surface area contributed by atoms with Crippen LogP contribution < -0.4 is 11.3 Å². The third-order valence-electron chi connectivity index (χ3n) is 3.28. The number of rotatable bonds is 2. The van der Waals surface area contributed by atoms with Crippen molar-refractivity contribution in [2.75, 3.05) is 0 Å². The van der Waals surface area contributed by atoms with E-state index in [9.17, 15) is 4.79 Å². The van der Waals surface area contributed by atoms with Crippen LogP contribution in [0.4, 0.5) is 0 Å². The number of hydrogen-bond donors (Lipinski definition) is 2. The lowest BCUT2D eigenvalue weighted by Crippen LogP contribution is -2.14. The van der Waals surface area contributed by atoms with Crippen molar-refractivity contribution in [1.82, 2.24) is 4.98 Å². The van der Waals surface area contributed by atoms with Gasteiger partial charge in [-0.15, -0.1) is 0 Å². The summed E-state index contributed by atoms with van der Waals surface area (Å²) in [6.45, 7) is 5.90. The van der Waals surface area contributed by atoms with E-state index in [1.54, 1.807) is 0 Å². The fourth-order valence-corrected chi connectivity index (χ4v) is 2.05. The molecule has 1 atom stereocenters. The molecular formula is C16H19N3O2. The molecule has 110 valence electrons. The van der Waals surface area contributed by atoms with Crippen molar-refractivity contribution in [3.8, 4) is 6.07 Å². The Balaban J connectivity index is 0.000000677. The number of carbonyl (C=O) groups excluding carboxylic acids is 1. The largest absolute Gasteiger partial charge is 0.372 e. The van der Waals surface area contributed by atoms with Gasteiger partial charge in [0, 0.05) is 17.0 Å². The summed E-state index contributed by atoms with van der Waals surface area (Å²) in [5, 5.41) is 9.84. The van der Waals surface area contributed by atoms with Crippen LogP contribution in [-0.4, -0.2) is 11.4 Å². The van der Waals surface area contributed by atoms with Crippen LogP contribution in [0.5, 0.6) is 0 Å². The van der Waals surface area contributed by atoms with E-state index in [1.807, 2.05) is 26.0 Å². The molecule has 1 amide bonds. The summed E-state index contributed by atoms with van der Waals surface area (Å²) >= 11 is 0. The highest BCUT2D eigenvalue weighted by atomic mass is 16.1. The summed E-state index contributed by atoms with van der Waals surface area (Å²) in [6.07, 6.45) is 0.745. The molecule has 2 aromatic rings. The van der Waals surface area contributed by atoms with Crippen molar-refractivity contribution in [3.05, 3.63) is 45.2 Å². The van der Waals surface area contributed by atoms with Crippen LogP contribution in [0.3, 0.4) is 0 Å². The minimum atomic E-state index is -0.143. The van der Waals surface area contributed by atoms with Gasteiger partial charge in [-0.2, -0.15) is 5.26 Å². The predicted octanol–water partition coefficient (Wildman–Crippen LogP) is 1.95. The van der Waals surface area contributed by atoms with E-state index in [0.29, 0.717) is 12.0 Å². The molecule has 1 unspecified atom stereocenters. The highest BCUT2D eigenvalue weighted by Gasteiger charge is 2.08. The average Bonchev–Trinajstić information content (AvgIpc) is 2.43. The quantitative estimate of drug-likeness (QED) is 0.825. The lowest BCUT2D eigenvalue weighted by molar-refractivity contribution is -0.106. The number of pyridine rings is 1. The Labute approximate surface area is 123 Å². The summed E-state index contributed by atoms with van der Waals surface area (Å²) in [4.78, 5) is 23.4. The molecule has 1 aromatic heterocycles. The van der Waals surface area contributed by atoms with Gasteiger partial charge in [-0.25, -0.2) is 0 Å². The summed E-state index contributed by atoms with van der Waals surface area (Å²) in [7, 11) is 0. The van der Waals surface area contributed by atoms with Crippen LogP contribution in [-0.2, 0) is 11.2 Å². The number of aromatic amines is 1. The molecule has 0 aliphatic carbocycles. The third-order valence-corrected chi connectivity index (χ3v) is 3.28. The summed E-state index contributed by atoms with van der Waals surface area (Å²) in [6, 6.07) is 8.11. The lowest BCUT2D eigenvalue weighted by Gasteiger charge is -2.07. The van der Waals surface area contributed by atoms with E-state index in [-0.39, 0.29) is 17.9 Å². The van der Waals surface area contributed by atoms with Gasteiger partial charge in [0.15, 0.2) is 0 Å². The normalized spacial score (nSPS) is 11.1. The zero-order valence-corrected chi connectivity index (χ0v) is 12.4. The molecule has 1 aromatic carbocycles. The van der Waals surface area contributed by atoms with Gasteiger partial charge < -0.3 is 10.7 Å². The number of benzene rings is 1. The van der Waals surface area contributed by atoms with E-state index in [4.69, 9.17) is 10.1 Å². The first-order chi connectivity index (χ1) is 9.92. The van der Waals surface area contributed by atoms with Crippen LogP contribution in [0.25, 0.3) is 10.9 Å². The smallest absolute Gasteiger partial charge is 0.251 e. The van der Waals surface area contributed by atoms with Crippen molar-refractivity contribution in [3.63, 3.8) is 0 Å². The second kappa shape index (κ2) is 7.25. The molecule has 0 aliphatic rings. The predicted molar refractivity (Wildman–Crippen MR) is 82.8 cm³/mol. The second-order valence-electron chi connectivity index (χ2n) is 5.02. The number of aromatic nitrogens is 1. The first-order valence-corrected chi connectivity index (χ1v) is 6.61. The Morgan fingerprint density at radius 1 is 1.33 bits per heavy atom. The fraction of sp³-hybridized carbons (Fsp3) is 0.312. The second-order valence-corrected chi connectivity index (χ2v) is 5.02. The van der Waals surface area contributed by atoms with Gasteiger partial charge in [0.05, 0.1) is 6.07 Å². The van der Waals surface area contributed by atoms with Crippen molar-refractivity contribution in [2.24, 2.45) is 11.7 Å². The zero-order valence-electron chi connectivity index (χ0n) is 12.4. The molecule has 21 heavy (non-hydrogen) atoms. The molecule has 5 nitrogen and oxygen atoms in total. The number of nitrogens with two attached hydrogens (primary N) is 1. The van der Waals surface area contributed by atoms with Gasteiger partial charge in [0.2, 0.25) is 6.41 Å². The maximum atomic E-state index is 11.9. The Morgan fingerprint density at radius 2 is 1.90 bits per heavy atom. The maximum Gasteiger partial charge on any atom is 0.251 e. The van der Waals surface area contributed by atoms with E-state index >= 15 is 0 Å². The first kappa shape index (κ1) is 16.4. The van der Waals surface area contributed by atoms with Crippen LogP contribution in [0.15, 0.2) is 23.0 Å². The van der Waals surface area contributed by atoms with E-state index in [1.165, 1.54) is 5.56 Å². The molecule has 0 fully saturated rings. The number of nitrogens with one attached hydrogen (secondary N) is 1. The molecule has 3 N–H and O–H groups in total. The van der Waals surface area contributed by atoms with Gasteiger partial charge in [0.25, 0.3) is 5.56 Å². The van der Waals surface area contributed by atoms with Gasteiger partial charge in [-0.3, -0.25) is 9.59 Å². The number of aryl methyl sites for hydroxylation is 2. The van der Waals surface area contributed by atoms with Crippen molar-refractivity contribution in [1.29, 1.82) is 5.26 Å². The van der Waals surface area contributed by atoms with E-state index in [0.717, 1.165) is 16.5 Å². The molecule has 0 saturated carbocycles. The maximum absolute atomic E-state index is 11.9. The Morgan fingerprint density at radius 3 is 2.48 bits per heavy atom. The lowest BCUT2D eigenvalue weighted by atomic mass is 10.0. The molecule has 0 bridgehead atoms. The average molecular weight is 285 g/mol. The van der Waals surface area contributed by atoms with Gasteiger partial charge >= 0.3 is 0 Å². The SMILES string of the molecule is Cc1cc2cc(CC(C)C#N)c(=O)[nH]c2cc1C.NC=O. The number of primary amides is 1. The molecule has 0 spiro atoms. The third kappa shape index (κ3) is 4.18. The fourth-order valence-electron chi connectivity index (χ4n) is 2.05. The molecule has 2 rings (SSSR count). The number of H-pyrrole nitrogens is 1. The number of hydrogen-bond acceptors (Lipinski definition) is 3. The molecular weight excluding hydrogens is 266 g/mol. The highest BCUT2D eigenvalue weighted by Crippen LogP contribution is 2.18. The number of carbonyl (C=O) groups is 1. The van der Waals surface area contributed by atoms with Crippen molar-refractivity contribution < 1.29 is 4.79 Å². The topological polar surface area (TPSA) is 99.7 Å². The highest BCUT2D eigenvalue weighted by molar-refractivity contribution is 5.80. The van der Waals surface area contributed by atoms with Gasteiger partial charge in [0.1, 0.15) is 0 Å². The first-order valence-electron chi connectivity index (χ1n) is 6.61. The number of nitrogens with zero attached hydrogens (tertiary/aromatic N) is 1. The standard InChI is InChI=1S/C15H16N2O.CH3NO/c1-9(8-16)4-13-7-12-5-10(2)11(3)6-14(12)17-15(13)18;2-1-3/h5-7,9H,4H2,1-3H3,(H,17,18);1H,(H2,2,3). The van der Waals surface area contributed by atoms with Crippen LogP contribution in [0.1, 0.15) is 23.6 Å². The molecule has 5 heteroatoms. The summed E-state index contributed by atoms with van der Waals surface area (Å²) in [5.41, 5.74) is 7.98. The Kier molecular flexibility index (Phi) is 5.67. The minimum Gasteiger partial charge on any atom is -0.372 e. The monoisotopic (exact) mass is 285 g/mol. The molecule has 0 radical (unpaired) electrons. The summed E-state index contributed by atoms with van der Waals surface area (Å²) < 4.78 is 0. The van der Waals surface area contributed by atoms with Crippen LogP contribution in [0.2, 0.25) is 0 Å². The number of nitriles is 1. The van der Waals surface area contributed by atoms with Gasteiger partial charge in [-0.05, 0) is 61.9 Å².